The summed E-state index contributed by atoms with van der Waals surface area (Å²) < 4.78 is 6.35. The summed E-state index contributed by atoms with van der Waals surface area (Å²) in [5.41, 5.74) is 8.69. The van der Waals surface area contributed by atoms with Gasteiger partial charge in [0.2, 0.25) is 0 Å². The van der Waals surface area contributed by atoms with Crippen LogP contribution in [-0.4, -0.2) is 22.6 Å². The van der Waals surface area contributed by atoms with E-state index in [1.165, 1.54) is 38.7 Å². The Morgan fingerprint density at radius 2 is 1.03 bits per heavy atom. The van der Waals surface area contributed by atoms with Crippen LogP contribution in [0.5, 0.6) is 5.75 Å². The van der Waals surface area contributed by atoms with Crippen molar-refractivity contribution in [1.82, 2.24) is 0 Å². The predicted octanol–water partition coefficient (Wildman–Crippen LogP) is 10.8. The Labute approximate surface area is 231 Å². The van der Waals surface area contributed by atoms with Crippen molar-refractivity contribution < 1.29 is 4.74 Å². The van der Waals surface area contributed by atoms with Gasteiger partial charge in [-0.2, -0.15) is 0 Å². The van der Waals surface area contributed by atoms with Crippen LogP contribution in [0.1, 0.15) is 144 Å². The van der Waals surface area contributed by atoms with Gasteiger partial charge in [0.15, 0.2) is 0 Å². The number of benzene rings is 2. The number of methoxy groups -OCH3 is 1. The number of rotatable bonds is 6. The average Bonchev–Trinajstić information content (AvgIpc) is 2.70. The fourth-order valence-electron chi connectivity index (χ4n) is 8.30. The Morgan fingerprint density at radius 3 is 1.32 bits per heavy atom. The van der Waals surface area contributed by atoms with Crippen LogP contribution in [0.2, 0.25) is 0 Å². The molecule has 0 spiro atoms. The van der Waals surface area contributed by atoms with Gasteiger partial charge in [-0.1, -0.05) is 0 Å². The Bertz CT molecular complexity index is 1030. The molecular weight excluding hydrogens is 467 g/mol. The third kappa shape index (κ3) is 5.41. The Balaban J connectivity index is 3.43. The Kier molecular flexibility index (Phi) is 9.20. The van der Waals surface area contributed by atoms with E-state index < -0.39 is 7.26 Å². The van der Waals surface area contributed by atoms with Crippen LogP contribution in [0, 0.1) is 6.92 Å². The molecule has 2 aromatic rings. The van der Waals surface area contributed by atoms with Crippen LogP contribution >= 0.6 is 7.26 Å². The standard InChI is InChI=1S/C35H59OP/c1-22(2)26-20-27(23(3)4)31(28(21-26)24(5)6)30-25(7)18-19-29(36-17)32(30)37(33(8,9)10,34(11,12)13)35(14,15)16/h18-24,37H,1-17H3. The van der Waals surface area contributed by atoms with Crippen LogP contribution in [0.4, 0.5) is 0 Å². The molecule has 0 aromatic heterocycles. The topological polar surface area (TPSA) is 9.23 Å². The molecular formula is C35H59OP. The SMILES string of the molecule is COc1ccc(C)c(-c2c(C(C)C)cc(C(C)C)cc2C(C)C)c1[PH](C(C)(C)C)(C(C)(C)C)C(C)(C)C. The molecule has 0 atom stereocenters. The van der Waals surface area contributed by atoms with Gasteiger partial charge in [0.05, 0.1) is 0 Å². The third-order valence-corrected chi connectivity index (χ3v) is 16.7. The van der Waals surface area contributed by atoms with E-state index in [9.17, 15) is 0 Å². The number of aryl methyl sites for hydroxylation is 1. The van der Waals surface area contributed by atoms with Gasteiger partial charge < -0.3 is 0 Å². The third-order valence-electron chi connectivity index (χ3n) is 8.73. The van der Waals surface area contributed by atoms with Gasteiger partial charge in [-0.3, -0.25) is 0 Å². The molecule has 2 aromatic carbocycles. The van der Waals surface area contributed by atoms with Gasteiger partial charge in [0.1, 0.15) is 0 Å². The molecule has 0 heterocycles. The summed E-state index contributed by atoms with van der Waals surface area (Å²) in [7, 11) is -0.502. The summed E-state index contributed by atoms with van der Waals surface area (Å²) in [5, 5.41) is 1.83. The molecule has 210 valence electrons. The van der Waals surface area contributed by atoms with Gasteiger partial charge in [-0.25, -0.2) is 0 Å². The summed E-state index contributed by atoms with van der Waals surface area (Å²) in [6.07, 6.45) is 0. The quantitative estimate of drug-likeness (QED) is 0.340. The molecule has 2 rings (SSSR count). The fourth-order valence-corrected chi connectivity index (χ4v) is 18.5. The van der Waals surface area contributed by atoms with Crippen molar-refractivity contribution >= 4 is 12.6 Å². The molecule has 0 aliphatic heterocycles. The Morgan fingerprint density at radius 1 is 0.622 bits per heavy atom. The molecule has 37 heavy (non-hydrogen) atoms. The van der Waals surface area contributed by atoms with Crippen molar-refractivity contribution in [2.24, 2.45) is 0 Å². The first-order valence-electron chi connectivity index (χ1n) is 14.5. The molecule has 0 saturated heterocycles. The first-order chi connectivity index (χ1) is 16.6. The molecule has 0 aliphatic carbocycles. The molecule has 0 unspecified atom stereocenters. The van der Waals surface area contributed by atoms with Crippen LogP contribution in [-0.2, 0) is 0 Å². The van der Waals surface area contributed by atoms with Gasteiger partial charge in [0.25, 0.3) is 0 Å². The van der Waals surface area contributed by atoms with E-state index in [2.05, 4.69) is 135 Å². The van der Waals surface area contributed by atoms with Gasteiger partial charge in [-0.15, -0.1) is 0 Å². The second-order valence-electron chi connectivity index (χ2n) is 15.4. The molecule has 0 bridgehead atoms. The zero-order valence-corrected chi connectivity index (χ0v) is 28.4. The minimum atomic E-state index is -2.38. The molecule has 0 saturated carbocycles. The van der Waals surface area contributed by atoms with Crippen LogP contribution in [0.3, 0.4) is 0 Å². The zero-order chi connectivity index (χ0) is 28.9. The van der Waals surface area contributed by atoms with E-state index in [1.807, 2.05) is 7.11 Å². The molecule has 0 fully saturated rings. The van der Waals surface area contributed by atoms with Crippen LogP contribution < -0.4 is 10.0 Å². The van der Waals surface area contributed by atoms with Crippen molar-refractivity contribution in [2.45, 2.75) is 144 Å². The van der Waals surface area contributed by atoms with Gasteiger partial charge in [0, 0.05) is 0 Å². The molecule has 1 nitrogen and oxygen atoms in total. The molecule has 0 radical (unpaired) electrons. The van der Waals surface area contributed by atoms with Gasteiger partial charge in [-0.05, 0) is 0 Å². The van der Waals surface area contributed by atoms with E-state index in [0.29, 0.717) is 17.8 Å². The molecule has 0 N–H and O–H groups in total. The first kappa shape index (κ1) is 31.9. The second-order valence-corrected chi connectivity index (χ2v) is 21.9. The Hall–Kier alpha value is -1.33. The number of ether oxygens (including phenoxy) is 1. The van der Waals surface area contributed by atoms with Crippen molar-refractivity contribution in [1.29, 1.82) is 0 Å². The van der Waals surface area contributed by atoms with E-state index in [4.69, 9.17) is 4.74 Å². The van der Waals surface area contributed by atoms with E-state index in [-0.39, 0.29) is 15.5 Å². The van der Waals surface area contributed by atoms with Crippen molar-refractivity contribution in [3.05, 3.63) is 46.5 Å². The van der Waals surface area contributed by atoms with Crippen molar-refractivity contribution in [3.8, 4) is 16.9 Å². The second kappa shape index (κ2) is 10.7. The van der Waals surface area contributed by atoms with Crippen LogP contribution in [0.25, 0.3) is 11.1 Å². The zero-order valence-electron chi connectivity index (χ0n) is 27.4. The summed E-state index contributed by atoms with van der Waals surface area (Å²) >= 11 is 0. The molecule has 2 heteroatoms. The summed E-state index contributed by atoms with van der Waals surface area (Å²) in [6.45, 7) is 38.9. The number of hydrogen-bond donors (Lipinski definition) is 0. The maximum atomic E-state index is 6.35. The normalized spacial score (nSPS) is 14.2. The first-order valence-corrected chi connectivity index (χ1v) is 16.5. The predicted molar refractivity (Wildman–Crippen MR) is 173 cm³/mol. The van der Waals surface area contributed by atoms with E-state index in [0.717, 1.165) is 5.75 Å². The summed E-state index contributed by atoms with van der Waals surface area (Å²) in [4.78, 5) is 0. The van der Waals surface area contributed by atoms with Crippen molar-refractivity contribution in [2.75, 3.05) is 7.11 Å². The molecule has 0 amide bonds. The maximum absolute atomic E-state index is 6.35. The average molecular weight is 527 g/mol. The minimum absolute atomic E-state index is 0.104. The summed E-state index contributed by atoms with van der Waals surface area (Å²) in [5.74, 6) is 2.44. The molecule has 0 aliphatic rings. The van der Waals surface area contributed by atoms with Crippen LogP contribution in [0.15, 0.2) is 24.3 Å². The van der Waals surface area contributed by atoms with E-state index >= 15 is 0 Å². The monoisotopic (exact) mass is 526 g/mol. The summed E-state index contributed by atoms with van der Waals surface area (Å²) in [6, 6.07) is 9.57. The van der Waals surface area contributed by atoms with Gasteiger partial charge >= 0.3 is 232 Å². The van der Waals surface area contributed by atoms with E-state index in [1.54, 1.807) is 0 Å². The number of hydrogen-bond acceptors (Lipinski definition) is 1. The fraction of sp³-hybridized carbons (Fsp3) is 0.657. The van der Waals surface area contributed by atoms with Crippen molar-refractivity contribution in [3.63, 3.8) is 0 Å².